The van der Waals surface area contributed by atoms with Gasteiger partial charge in [0.1, 0.15) is 0 Å². The fourth-order valence-corrected chi connectivity index (χ4v) is 4.39. The Balaban J connectivity index is 1.57. The minimum absolute atomic E-state index is 0.469. The predicted octanol–water partition coefficient (Wildman–Crippen LogP) is 1.68. The van der Waals surface area contributed by atoms with Crippen molar-refractivity contribution in [2.45, 2.75) is 51.0 Å². The zero-order chi connectivity index (χ0) is 12.4. The van der Waals surface area contributed by atoms with Crippen LogP contribution in [0.5, 0.6) is 0 Å². The molecular weight excluding hydrogens is 222 g/mol. The number of nitrogens with two attached hydrogens (primary N) is 1. The van der Waals surface area contributed by atoms with Gasteiger partial charge in [-0.15, -0.1) is 0 Å². The molecule has 104 valence electrons. The van der Waals surface area contributed by atoms with Crippen LogP contribution in [-0.2, 0) is 0 Å². The van der Waals surface area contributed by atoms with Gasteiger partial charge in [0.15, 0.2) is 0 Å². The molecule has 0 bridgehead atoms. The molecule has 0 amide bonds. The van der Waals surface area contributed by atoms with Crippen LogP contribution in [0.25, 0.3) is 0 Å². The van der Waals surface area contributed by atoms with Crippen LogP contribution in [0.15, 0.2) is 0 Å². The lowest BCUT2D eigenvalue weighted by molar-refractivity contribution is 0.0279. The van der Waals surface area contributed by atoms with Gasteiger partial charge in [-0.2, -0.15) is 0 Å². The van der Waals surface area contributed by atoms with Gasteiger partial charge in [0.25, 0.3) is 0 Å². The third kappa shape index (κ3) is 2.59. The van der Waals surface area contributed by atoms with Gasteiger partial charge < -0.3 is 5.73 Å². The number of hydrogen-bond donors (Lipinski definition) is 1. The van der Waals surface area contributed by atoms with E-state index >= 15 is 0 Å². The lowest BCUT2D eigenvalue weighted by Gasteiger charge is -2.46. The van der Waals surface area contributed by atoms with Crippen molar-refractivity contribution in [2.24, 2.45) is 11.1 Å². The summed E-state index contributed by atoms with van der Waals surface area (Å²) in [5.74, 6) is 0. The molecule has 2 aliphatic heterocycles. The number of nitrogens with zero attached hydrogens (tertiary/aromatic N) is 2. The topological polar surface area (TPSA) is 32.5 Å². The third-order valence-corrected chi connectivity index (χ3v) is 5.58. The molecule has 1 atom stereocenters. The van der Waals surface area contributed by atoms with Crippen molar-refractivity contribution in [3.63, 3.8) is 0 Å². The molecule has 2 N–H and O–H groups in total. The Morgan fingerprint density at radius 3 is 2.61 bits per heavy atom. The van der Waals surface area contributed by atoms with E-state index in [1.807, 2.05) is 0 Å². The van der Waals surface area contributed by atoms with Crippen molar-refractivity contribution in [1.29, 1.82) is 0 Å². The average molecular weight is 251 g/mol. The van der Waals surface area contributed by atoms with E-state index in [-0.39, 0.29) is 0 Å². The average Bonchev–Trinajstić information content (AvgIpc) is 2.88. The Morgan fingerprint density at radius 1 is 1.00 bits per heavy atom. The standard InChI is InChI=1S/C15H29N3/c16-12-15(6-2-3-7-15)13-17-9-10-18-8-4-1-5-14(18)11-17/h14H,1-13,16H2. The first-order valence-electron chi connectivity index (χ1n) is 7.98. The number of piperidine rings is 1. The number of rotatable bonds is 3. The summed E-state index contributed by atoms with van der Waals surface area (Å²) in [7, 11) is 0. The van der Waals surface area contributed by atoms with Gasteiger partial charge in [0, 0.05) is 32.2 Å². The first kappa shape index (κ1) is 12.9. The predicted molar refractivity (Wildman–Crippen MR) is 75.6 cm³/mol. The lowest BCUT2D eigenvalue weighted by Crippen LogP contribution is -2.57. The molecule has 0 aromatic rings. The summed E-state index contributed by atoms with van der Waals surface area (Å²) in [6, 6.07) is 0.851. The van der Waals surface area contributed by atoms with Crippen LogP contribution in [0.4, 0.5) is 0 Å². The second kappa shape index (κ2) is 5.48. The number of piperazine rings is 1. The first-order chi connectivity index (χ1) is 8.81. The van der Waals surface area contributed by atoms with Crippen LogP contribution in [0.2, 0.25) is 0 Å². The van der Waals surface area contributed by atoms with Gasteiger partial charge >= 0.3 is 0 Å². The molecule has 1 aliphatic carbocycles. The summed E-state index contributed by atoms with van der Waals surface area (Å²) in [4.78, 5) is 5.45. The van der Waals surface area contributed by atoms with E-state index in [0.717, 1.165) is 12.6 Å². The molecule has 0 aromatic carbocycles. The number of fused-ring (bicyclic) bond motifs is 1. The summed E-state index contributed by atoms with van der Waals surface area (Å²) in [5, 5.41) is 0. The fourth-order valence-electron chi connectivity index (χ4n) is 4.39. The SMILES string of the molecule is NCC1(CN2CCN3CCCCC3C2)CCCC1. The maximum absolute atomic E-state index is 6.08. The monoisotopic (exact) mass is 251 g/mol. The lowest BCUT2D eigenvalue weighted by atomic mass is 9.85. The highest BCUT2D eigenvalue weighted by atomic mass is 15.3. The van der Waals surface area contributed by atoms with Crippen molar-refractivity contribution in [2.75, 3.05) is 39.3 Å². The van der Waals surface area contributed by atoms with Crippen LogP contribution in [0.3, 0.4) is 0 Å². The van der Waals surface area contributed by atoms with Crippen molar-refractivity contribution in [3.8, 4) is 0 Å². The summed E-state index contributed by atoms with van der Waals surface area (Å²) >= 11 is 0. The minimum Gasteiger partial charge on any atom is -0.330 e. The van der Waals surface area contributed by atoms with Gasteiger partial charge in [-0.1, -0.05) is 19.3 Å². The Morgan fingerprint density at radius 2 is 1.83 bits per heavy atom. The quantitative estimate of drug-likeness (QED) is 0.828. The second-order valence-corrected chi connectivity index (χ2v) is 6.83. The van der Waals surface area contributed by atoms with Crippen molar-refractivity contribution >= 4 is 0 Å². The van der Waals surface area contributed by atoms with Crippen LogP contribution >= 0.6 is 0 Å². The molecule has 0 radical (unpaired) electrons. The van der Waals surface area contributed by atoms with Gasteiger partial charge in [-0.3, -0.25) is 9.80 Å². The summed E-state index contributed by atoms with van der Waals surface area (Å²) < 4.78 is 0. The van der Waals surface area contributed by atoms with Crippen LogP contribution in [-0.4, -0.2) is 55.1 Å². The summed E-state index contributed by atoms with van der Waals surface area (Å²) in [6.45, 7) is 7.40. The third-order valence-electron chi connectivity index (χ3n) is 5.58. The highest BCUT2D eigenvalue weighted by Crippen LogP contribution is 2.38. The highest BCUT2D eigenvalue weighted by molar-refractivity contribution is 4.92. The maximum Gasteiger partial charge on any atom is 0.0223 e. The molecule has 3 heteroatoms. The van der Waals surface area contributed by atoms with Gasteiger partial charge in [0.05, 0.1) is 0 Å². The van der Waals surface area contributed by atoms with Crippen LogP contribution in [0.1, 0.15) is 44.9 Å². The minimum atomic E-state index is 0.469. The Labute approximate surface area is 112 Å². The second-order valence-electron chi connectivity index (χ2n) is 6.83. The Bertz CT molecular complexity index is 273. The van der Waals surface area contributed by atoms with Crippen LogP contribution < -0.4 is 5.73 Å². The molecule has 18 heavy (non-hydrogen) atoms. The first-order valence-corrected chi connectivity index (χ1v) is 7.98. The van der Waals surface area contributed by atoms with E-state index in [0.29, 0.717) is 5.41 Å². The zero-order valence-electron chi connectivity index (χ0n) is 11.7. The molecular formula is C15H29N3. The van der Waals surface area contributed by atoms with E-state index in [4.69, 9.17) is 5.73 Å². The van der Waals surface area contributed by atoms with E-state index in [1.54, 1.807) is 0 Å². The molecule has 3 aliphatic rings. The van der Waals surface area contributed by atoms with Gasteiger partial charge in [0.2, 0.25) is 0 Å². The Hall–Kier alpha value is -0.120. The molecule has 2 heterocycles. The van der Waals surface area contributed by atoms with E-state index in [1.165, 1.54) is 77.7 Å². The van der Waals surface area contributed by atoms with E-state index in [9.17, 15) is 0 Å². The molecule has 3 fully saturated rings. The molecule has 1 unspecified atom stereocenters. The smallest absolute Gasteiger partial charge is 0.0223 e. The van der Waals surface area contributed by atoms with E-state index < -0.39 is 0 Å². The molecule has 3 rings (SSSR count). The van der Waals surface area contributed by atoms with Crippen molar-refractivity contribution in [1.82, 2.24) is 9.80 Å². The van der Waals surface area contributed by atoms with Gasteiger partial charge in [-0.25, -0.2) is 0 Å². The van der Waals surface area contributed by atoms with Gasteiger partial charge in [-0.05, 0) is 44.2 Å². The maximum atomic E-state index is 6.08. The Kier molecular flexibility index (Phi) is 3.92. The highest BCUT2D eigenvalue weighted by Gasteiger charge is 2.37. The summed E-state index contributed by atoms with van der Waals surface area (Å²) in [5.41, 5.74) is 6.55. The van der Waals surface area contributed by atoms with Crippen molar-refractivity contribution in [3.05, 3.63) is 0 Å². The zero-order valence-corrected chi connectivity index (χ0v) is 11.7. The van der Waals surface area contributed by atoms with Crippen LogP contribution in [0, 0.1) is 5.41 Å². The normalized spacial score (nSPS) is 33.5. The molecule has 2 saturated heterocycles. The molecule has 0 aromatic heterocycles. The fraction of sp³-hybridized carbons (Fsp3) is 1.00. The summed E-state index contributed by atoms with van der Waals surface area (Å²) in [6.07, 6.45) is 9.83. The molecule has 1 saturated carbocycles. The molecule has 0 spiro atoms. The number of hydrogen-bond acceptors (Lipinski definition) is 3. The van der Waals surface area contributed by atoms with E-state index in [2.05, 4.69) is 9.80 Å². The largest absolute Gasteiger partial charge is 0.330 e. The van der Waals surface area contributed by atoms with Crippen molar-refractivity contribution < 1.29 is 0 Å². The molecule has 3 nitrogen and oxygen atoms in total.